The van der Waals surface area contributed by atoms with E-state index in [0.29, 0.717) is 0 Å². The Hall–Kier alpha value is -1.80. The van der Waals surface area contributed by atoms with Gasteiger partial charge in [-0.05, 0) is 60.7 Å². The third-order valence-corrected chi connectivity index (χ3v) is 3.49. The smallest absolute Gasteiger partial charge is 0.122 e. The van der Waals surface area contributed by atoms with E-state index in [-0.39, 0.29) is 6.04 Å². The van der Waals surface area contributed by atoms with Crippen LogP contribution in [0.25, 0.3) is 11.1 Å². The van der Waals surface area contributed by atoms with Crippen molar-refractivity contribution in [2.75, 3.05) is 7.11 Å². The van der Waals surface area contributed by atoms with Gasteiger partial charge in [0, 0.05) is 6.04 Å². The SMILES string of the molecule is COc1cc(C)c(-c2ccc(C(C)N)cc2)cc1C. The second kappa shape index (κ2) is 5.45. The number of rotatable bonds is 3. The fourth-order valence-electron chi connectivity index (χ4n) is 2.29. The molecule has 1 unspecified atom stereocenters. The van der Waals surface area contributed by atoms with Crippen LogP contribution in [0.4, 0.5) is 0 Å². The fourth-order valence-corrected chi connectivity index (χ4v) is 2.29. The molecule has 0 aliphatic rings. The van der Waals surface area contributed by atoms with E-state index in [1.807, 2.05) is 6.92 Å². The standard InChI is InChI=1S/C17H21NO/c1-11-10-17(19-4)12(2)9-16(11)15-7-5-14(6-8-15)13(3)18/h5-10,13H,18H2,1-4H3. The van der Waals surface area contributed by atoms with Gasteiger partial charge in [0.25, 0.3) is 0 Å². The number of benzene rings is 2. The van der Waals surface area contributed by atoms with Gasteiger partial charge in [0.15, 0.2) is 0 Å². The van der Waals surface area contributed by atoms with Gasteiger partial charge in [-0.1, -0.05) is 24.3 Å². The summed E-state index contributed by atoms with van der Waals surface area (Å²) < 4.78 is 5.35. The maximum atomic E-state index is 5.88. The Morgan fingerprint density at radius 2 is 1.63 bits per heavy atom. The minimum atomic E-state index is 0.0766. The highest BCUT2D eigenvalue weighted by Gasteiger charge is 2.07. The van der Waals surface area contributed by atoms with Crippen LogP contribution in [0.2, 0.25) is 0 Å². The second-order valence-electron chi connectivity index (χ2n) is 5.05. The molecule has 19 heavy (non-hydrogen) atoms. The molecule has 0 aliphatic heterocycles. The van der Waals surface area contributed by atoms with Crippen LogP contribution in [0.5, 0.6) is 5.75 Å². The first kappa shape index (κ1) is 13.6. The molecule has 0 bridgehead atoms. The van der Waals surface area contributed by atoms with Gasteiger partial charge in [0.05, 0.1) is 7.11 Å². The van der Waals surface area contributed by atoms with Crippen molar-refractivity contribution in [3.8, 4) is 16.9 Å². The van der Waals surface area contributed by atoms with E-state index in [0.717, 1.165) is 16.9 Å². The maximum Gasteiger partial charge on any atom is 0.122 e. The number of aryl methyl sites for hydroxylation is 2. The Labute approximate surface area is 115 Å². The average Bonchev–Trinajstić information content (AvgIpc) is 2.41. The van der Waals surface area contributed by atoms with Crippen molar-refractivity contribution in [3.63, 3.8) is 0 Å². The first-order chi connectivity index (χ1) is 9.02. The van der Waals surface area contributed by atoms with Crippen LogP contribution in [-0.2, 0) is 0 Å². The van der Waals surface area contributed by atoms with Crippen LogP contribution < -0.4 is 10.5 Å². The normalized spacial score (nSPS) is 12.3. The van der Waals surface area contributed by atoms with Crippen molar-refractivity contribution < 1.29 is 4.74 Å². The summed E-state index contributed by atoms with van der Waals surface area (Å²) in [5, 5.41) is 0. The van der Waals surface area contributed by atoms with Crippen molar-refractivity contribution >= 4 is 0 Å². The van der Waals surface area contributed by atoms with Gasteiger partial charge in [0.2, 0.25) is 0 Å². The molecule has 0 spiro atoms. The molecule has 2 rings (SSSR count). The van der Waals surface area contributed by atoms with Gasteiger partial charge in [-0.15, -0.1) is 0 Å². The minimum Gasteiger partial charge on any atom is -0.496 e. The average molecular weight is 255 g/mol. The molecule has 100 valence electrons. The van der Waals surface area contributed by atoms with E-state index in [1.54, 1.807) is 7.11 Å². The van der Waals surface area contributed by atoms with Gasteiger partial charge in [-0.25, -0.2) is 0 Å². The molecule has 0 radical (unpaired) electrons. The van der Waals surface area contributed by atoms with E-state index < -0.39 is 0 Å². The topological polar surface area (TPSA) is 35.2 Å². The molecule has 0 aliphatic carbocycles. The summed E-state index contributed by atoms with van der Waals surface area (Å²) in [6.07, 6.45) is 0. The Kier molecular flexibility index (Phi) is 3.91. The lowest BCUT2D eigenvalue weighted by molar-refractivity contribution is 0.411. The third-order valence-electron chi connectivity index (χ3n) is 3.49. The first-order valence-electron chi connectivity index (χ1n) is 6.54. The van der Waals surface area contributed by atoms with Crippen molar-refractivity contribution in [2.45, 2.75) is 26.8 Å². The van der Waals surface area contributed by atoms with Gasteiger partial charge < -0.3 is 10.5 Å². The third kappa shape index (κ3) is 2.79. The molecule has 0 aromatic heterocycles. The molecular formula is C17H21NO. The fraction of sp³-hybridized carbons (Fsp3) is 0.294. The number of methoxy groups -OCH3 is 1. The van der Waals surface area contributed by atoms with Crippen molar-refractivity contribution in [3.05, 3.63) is 53.1 Å². The Morgan fingerprint density at radius 3 is 2.16 bits per heavy atom. The monoisotopic (exact) mass is 255 g/mol. The highest BCUT2D eigenvalue weighted by molar-refractivity contribution is 5.69. The zero-order chi connectivity index (χ0) is 14.0. The number of nitrogens with two attached hydrogens (primary N) is 1. The van der Waals surface area contributed by atoms with Gasteiger partial charge in [-0.3, -0.25) is 0 Å². The van der Waals surface area contributed by atoms with E-state index in [9.17, 15) is 0 Å². The predicted octanol–water partition coefficient (Wildman–Crippen LogP) is 4.00. The molecule has 2 nitrogen and oxygen atoms in total. The summed E-state index contributed by atoms with van der Waals surface area (Å²) in [4.78, 5) is 0. The molecular weight excluding hydrogens is 234 g/mol. The molecule has 1 atom stereocenters. The van der Waals surface area contributed by atoms with Crippen LogP contribution in [0, 0.1) is 13.8 Å². The van der Waals surface area contributed by atoms with Crippen molar-refractivity contribution in [1.82, 2.24) is 0 Å². The quantitative estimate of drug-likeness (QED) is 0.899. The largest absolute Gasteiger partial charge is 0.496 e. The lowest BCUT2D eigenvalue weighted by Gasteiger charge is -2.12. The van der Waals surface area contributed by atoms with E-state index >= 15 is 0 Å². The number of hydrogen-bond acceptors (Lipinski definition) is 2. The van der Waals surface area contributed by atoms with E-state index in [4.69, 9.17) is 10.5 Å². The Bertz CT molecular complexity index is 571. The minimum absolute atomic E-state index is 0.0766. The molecule has 2 aromatic carbocycles. The summed E-state index contributed by atoms with van der Waals surface area (Å²) >= 11 is 0. The number of ether oxygens (including phenoxy) is 1. The molecule has 0 heterocycles. The van der Waals surface area contributed by atoms with Crippen molar-refractivity contribution in [2.24, 2.45) is 5.73 Å². The molecule has 0 saturated carbocycles. The molecule has 2 N–H and O–H groups in total. The zero-order valence-electron chi connectivity index (χ0n) is 12.0. The Balaban J connectivity index is 2.44. The second-order valence-corrected chi connectivity index (χ2v) is 5.05. The number of hydrogen-bond donors (Lipinski definition) is 1. The molecule has 0 amide bonds. The summed E-state index contributed by atoms with van der Waals surface area (Å²) in [5.41, 5.74) is 11.9. The molecule has 2 aromatic rings. The van der Waals surface area contributed by atoms with Gasteiger partial charge >= 0.3 is 0 Å². The van der Waals surface area contributed by atoms with Gasteiger partial charge in [0.1, 0.15) is 5.75 Å². The Morgan fingerprint density at radius 1 is 1.00 bits per heavy atom. The van der Waals surface area contributed by atoms with Crippen LogP contribution in [0.15, 0.2) is 36.4 Å². The first-order valence-corrected chi connectivity index (χ1v) is 6.54. The van der Waals surface area contributed by atoms with Crippen LogP contribution >= 0.6 is 0 Å². The summed E-state index contributed by atoms with van der Waals surface area (Å²) in [7, 11) is 1.71. The lowest BCUT2D eigenvalue weighted by Crippen LogP contribution is -2.04. The van der Waals surface area contributed by atoms with Crippen LogP contribution in [0.3, 0.4) is 0 Å². The molecule has 0 saturated heterocycles. The summed E-state index contributed by atoms with van der Waals surface area (Å²) in [6.45, 7) is 6.17. The summed E-state index contributed by atoms with van der Waals surface area (Å²) in [6, 6.07) is 12.8. The van der Waals surface area contributed by atoms with Crippen LogP contribution in [0.1, 0.15) is 29.7 Å². The van der Waals surface area contributed by atoms with Gasteiger partial charge in [-0.2, -0.15) is 0 Å². The maximum absolute atomic E-state index is 5.88. The van der Waals surface area contributed by atoms with Crippen molar-refractivity contribution in [1.29, 1.82) is 0 Å². The lowest BCUT2D eigenvalue weighted by atomic mass is 9.96. The highest BCUT2D eigenvalue weighted by atomic mass is 16.5. The molecule has 2 heteroatoms. The van der Waals surface area contributed by atoms with E-state index in [1.165, 1.54) is 16.7 Å². The van der Waals surface area contributed by atoms with E-state index in [2.05, 4.69) is 50.2 Å². The van der Waals surface area contributed by atoms with Crippen LogP contribution in [-0.4, -0.2) is 7.11 Å². The predicted molar refractivity (Wildman–Crippen MR) is 80.5 cm³/mol. The zero-order valence-corrected chi connectivity index (χ0v) is 12.0. The highest BCUT2D eigenvalue weighted by Crippen LogP contribution is 2.30. The molecule has 0 fully saturated rings. The summed E-state index contributed by atoms with van der Waals surface area (Å²) in [5.74, 6) is 0.938.